The molecule has 0 amide bonds. The Kier molecular flexibility index (Phi) is 6.19. The van der Waals surface area contributed by atoms with Crippen LogP contribution in [0.5, 0.6) is 5.75 Å². The van der Waals surface area contributed by atoms with E-state index >= 15 is 0 Å². The first-order valence-electron chi connectivity index (χ1n) is 9.18. The van der Waals surface area contributed by atoms with Crippen LogP contribution in [0.15, 0.2) is 46.8 Å². The summed E-state index contributed by atoms with van der Waals surface area (Å²) in [5, 5.41) is 0. The second kappa shape index (κ2) is 8.32. The molecule has 2 aromatic carbocycles. The average Bonchev–Trinajstić information content (AvgIpc) is 3.10. The maximum Gasteiger partial charge on any atom is 0.322 e. The molecule has 0 aliphatic carbocycles. The van der Waals surface area contributed by atoms with Crippen LogP contribution in [0.1, 0.15) is 34.6 Å². The molecule has 1 heterocycles. The van der Waals surface area contributed by atoms with Crippen molar-refractivity contribution in [1.82, 2.24) is 4.98 Å². The average molecular weight is 434 g/mol. The van der Waals surface area contributed by atoms with Crippen molar-refractivity contribution in [1.29, 1.82) is 0 Å². The van der Waals surface area contributed by atoms with E-state index in [0.717, 1.165) is 26.2 Å². The first-order chi connectivity index (χ1) is 13.6. The Morgan fingerprint density at radius 1 is 1.10 bits per heavy atom. The Morgan fingerprint density at radius 3 is 2.41 bits per heavy atom. The molecule has 0 saturated carbocycles. The normalized spacial score (nSPS) is 12.2. The summed E-state index contributed by atoms with van der Waals surface area (Å²) in [6.45, 7) is 8.45. The highest BCUT2D eigenvalue weighted by molar-refractivity contribution is 8.01. The fraction of sp³-hybridized carbons (Fsp3) is 0.364. The summed E-state index contributed by atoms with van der Waals surface area (Å²) in [6, 6.07) is 11.2. The molecule has 0 saturated heterocycles. The van der Waals surface area contributed by atoms with Gasteiger partial charge in [0.05, 0.1) is 15.7 Å². The number of hydrogen-bond donors (Lipinski definition) is 0. The van der Waals surface area contributed by atoms with Gasteiger partial charge >= 0.3 is 5.97 Å². The molecule has 0 N–H and O–H groups in total. The van der Waals surface area contributed by atoms with Crippen LogP contribution in [0.2, 0.25) is 0 Å². The van der Waals surface area contributed by atoms with Gasteiger partial charge in [-0.05, 0) is 64.4 Å². The molecule has 0 unspecified atom stereocenters. The smallest absolute Gasteiger partial charge is 0.322 e. The fourth-order valence-corrected chi connectivity index (χ4v) is 4.82. The van der Waals surface area contributed by atoms with E-state index in [1.54, 1.807) is 23.5 Å². The molecule has 0 radical (unpaired) electrons. The Bertz CT molecular complexity index is 1010. The maximum absolute atomic E-state index is 12.8. The monoisotopic (exact) mass is 433 g/mol. The Balaban J connectivity index is 2.02. The largest absolute Gasteiger partial charge is 0.463 e. The van der Waals surface area contributed by atoms with Crippen LogP contribution in [0, 0.1) is 0 Å². The molecule has 154 valence electrons. The van der Waals surface area contributed by atoms with Crippen molar-refractivity contribution in [3.05, 3.63) is 41.9 Å². The quantitative estimate of drug-likeness (QED) is 0.329. The van der Waals surface area contributed by atoms with Gasteiger partial charge in [-0.2, -0.15) is 0 Å². The van der Waals surface area contributed by atoms with Gasteiger partial charge in [0.1, 0.15) is 16.1 Å². The van der Waals surface area contributed by atoms with Crippen LogP contribution in [-0.4, -0.2) is 28.2 Å². The van der Waals surface area contributed by atoms with E-state index in [1.165, 1.54) is 11.8 Å². The fourth-order valence-electron chi connectivity index (χ4n) is 2.77. The summed E-state index contributed by atoms with van der Waals surface area (Å²) in [7, 11) is 0. The Labute approximate surface area is 178 Å². The third-order valence-corrected chi connectivity index (χ3v) is 6.18. The second-order valence-corrected chi connectivity index (χ2v) is 10.6. The van der Waals surface area contributed by atoms with E-state index in [-0.39, 0.29) is 5.97 Å². The molecule has 0 spiro atoms. The first kappa shape index (κ1) is 21.6. The van der Waals surface area contributed by atoms with Crippen molar-refractivity contribution >= 4 is 39.3 Å². The number of benzene rings is 2. The molecule has 29 heavy (non-hydrogen) atoms. The minimum Gasteiger partial charge on any atom is -0.463 e. The van der Waals surface area contributed by atoms with E-state index in [1.807, 2.05) is 64.4 Å². The lowest BCUT2D eigenvalue weighted by Crippen LogP contribution is -2.36. The van der Waals surface area contributed by atoms with Gasteiger partial charge in [0.15, 0.2) is 0 Å². The first-order valence-corrected chi connectivity index (χ1v) is 10.9. The lowest BCUT2D eigenvalue weighted by molar-refractivity contribution is -0.156. The van der Waals surface area contributed by atoms with Crippen LogP contribution >= 0.6 is 23.1 Å². The number of thioether (sulfide) groups is 1. The standard InChI is InChI=1S/C22H24FNO3S2/c1-21(2,3)27-20(25)22(4,5)29-17-11-10-16-19(28-13-24-16)18(17)14-6-8-15(9-7-14)26-12-23/h6-11,13H,12H2,1-5H3. The van der Waals surface area contributed by atoms with Crippen LogP contribution in [0.3, 0.4) is 0 Å². The highest BCUT2D eigenvalue weighted by Gasteiger charge is 2.34. The number of carbonyl (C=O) groups is 1. The van der Waals surface area contributed by atoms with Gasteiger partial charge in [0.2, 0.25) is 6.86 Å². The number of carbonyl (C=O) groups excluding carboxylic acids is 1. The highest BCUT2D eigenvalue weighted by Crippen LogP contribution is 2.44. The molecule has 0 aliphatic heterocycles. The Hall–Kier alpha value is -2.12. The number of nitrogens with zero attached hydrogens (tertiary/aromatic N) is 1. The summed E-state index contributed by atoms with van der Waals surface area (Å²) in [5.41, 5.74) is 4.11. The van der Waals surface area contributed by atoms with Crippen molar-refractivity contribution in [3.8, 4) is 16.9 Å². The zero-order valence-corrected chi connectivity index (χ0v) is 18.7. The maximum atomic E-state index is 12.8. The van der Waals surface area contributed by atoms with Gasteiger partial charge in [-0.15, -0.1) is 23.1 Å². The summed E-state index contributed by atoms with van der Waals surface area (Å²) in [6.07, 6.45) is 0. The molecule has 4 nitrogen and oxygen atoms in total. The molecule has 0 aliphatic rings. The summed E-state index contributed by atoms with van der Waals surface area (Å²) < 4.78 is 23.2. The van der Waals surface area contributed by atoms with Crippen LogP contribution in [-0.2, 0) is 9.53 Å². The molecular formula is C22H24FNO3S2. The molecule has 0 atom stereocenters. The van der Waals surface area contributed by atoms with Gasteiger partial charge in [-0.25, -0.2) is 9.37 Å². The van der Waals surface area contributed by atoms with Crippen LogP contribution in [0.25, 0.3) is 21.3 Å². The molecule has 0 bridgehead atoms. The van der Waals surface area contributed by atoms with Crippen LogP contribution in [0.4, 0.5) is 4.39 Å². The predicted molar refractivity (Wildman–Crippen MR) is 117 cm³/mol. The van der Waals surface area contributed by atoms with E-state index in [0.29, 0.717) is 5.75 Å². The SMILES string of the molecule is CC(C)(C)OC(=O)C(C)(C)Sc1ccc2ncsc2c1-c1ccc(OCF)cc1. The molecule has 3 rings (SSSR count). The number of halogens is 1. The number of rotatable bonds is 6. The number of alkyl halides is 1. The number of thiazole rings is 1. The van der Waals surface area contributed by atoms with Gasteiger partial charge in [0, 0.05) is 10.5 Å². The third-order valence-electron chi connectivity index (χ3n) is 4.08. The van der Waals surface area contributed by atoms with Gasteiger partial charge in [-0.3, -0.25) is 4.79 Å². The number of fused-ring (bicyclic) bond motifs is 1. The predicted octanol–water partition coefficient (Wildman–Crippen LogP) is 6.48. The van der Waals surface area contributed by atoms with Gasteiger partial charge in [0.25, 0.3) is 0 Å². The lowest BCUT2D eigenvalue weighted by atomic mass is 10.1. The number of ether oxygens (including phenoxy) is 2. The summed E-state index contributed by atoms with van der Waals surface area (Å²) >= 11 is 3.01. The van der Waals surface area contributed by atoms with Crippen molar-refractivity contribution in [2.24, 2.45) is 0 Å². The van der Waals surface area contributed by atoms with E-state index in [2.05, 4.69) is 4.98 Å². The highest BCUT2D eigenvalue weighted by atomic mass is 32.2. The van der Waals surface area contributed by atoms with Crippen molar-refractivity contribution in [3.63, 3.8) is 0 Å². The summed E-state index contributed by atoms with van der Waals surface area (Å²) in [4.78, 5) is 18.1. The Morgan fingerprint density at radius 2 is 1.79 bits per heavy atom. The molecule has 7 heteroatoms. The molecular weight excluding hydrogens is 409 g/mol. The van der Waals surface area contributed by atoms with E-state index in [9.17, 15) is 9.18 Å². The minimum absolute atomic E-state index is 0.267. The third kappa shape index (κ3) is 5.08. The van der Waals surface area contributed by atoms with Gasteiger partial charge in [-0.1, -0.05) is 12.1 Å². The second-order valence-electron chi connectivity index (χ2n) is 8.03. The zero-order valence-electron chi connectivity index (χ0n) is 17.1. The topological polar surface area (TPSA) is 48.4 Å². The zero-order chi connectivity index (χ0) is 21.2. The van der Waals surface area contributed by atoms with Gasteiger partial charge < -0.3 is 9.47 Å². The van der Waals surface area contributed by atoms with E-state index in [4.69, 9.17) is 9.47 Å². The summed E-state index contributed by atoms with van der Waals surface area (Å²) in [5.74, 6) is 0.202. The molecule has 3 aromatic rings. The minimum atomic E-state index is -0.866. The molecule has 0 fully saturated rings. The van der Waals surface area contributed by atoms with Crippen LogP contribution < -0.4 is 4.74 Å². The number of hydrogen-bond acceptors (Lipinski definition) is 6. The van der Waals surface area contributed by atoms with Crippen molar-refractivity contribution in [2.75, 3.05) is 6.86 Å². The van der Waals surface area contributed by atoms with E-state index < -0.39 is 17.2 Å². The number of aromatic nitrogens is 1. The lowest BCUT2D eigenvalue weighted by Gasteiger charge is -2.28. The number of esters is 1. The van der Waals surface area contributed by atoms with Crippen molar-refractivity contribution < 1.29 is 18.7 Å². The van der Waals surface area contributed by atoms with Crippen molar-refractivity contribution in [2.45, 2.75) is 49.9 Å². The molecule has 1 aromatic heterocycles.